The van der Waals surface area contributed by atoms with Crippen molar-refractivity contribution in [3.8, 4) is 0 Å². The third kappa shape index (κ3) is 7.06. The van der Waals surface area contributed by atoms with Gasteiger partial charge in [0.15, 0.2) is 6.29 Å². The lowest BCUT2D eigenvalue weighted by Gasteiger charge is -2.48. The fourth-order valence-corrected chi connectivity index (χ4v) is 4.07. The van der Waals surface area contributed by atoms with Crippen LogP contribution in [-0.2, 0) is 23.7 Å². The van der Waals surface area contributed by atoms with Crippen LogP contribution in [0.3, 0.4) is 0 Å². The lowest BCUT2D eigenvalue weighted by molar-refractivity contribution is -0.369. The topological polar surface area (TPSA) is 265 Å². The summed E-state index contributed by atoms with van der Waals surface area (Å²) in [5.74, 6) is -4.05. The number of hydrogen-bond donors (Lipinski definition) is 10. The van der Waals surface area contributed by atoms with E-state index in [0.717, 1.165) is 0 Å². The number of rotatable bonds is 13. The van der Waals surface area contributed by atoms with Gasteiger partial charge in [-0.25, -0.2) is 4.79 Å². The summed E-state index contributed by atoms with van der Waals surface area (Å²) in [4.78, 5) is 13.9. The highest BCUT2D eigenvalue weighted by atomic mass is 16.8. The first-order chi connectivity index (χ1) is 16.9. The fourth-order valence-electron chi connectivity index (χ4n) is 4.07. The molecule has 212 valence electrons. The number of nitrogens with zero attached hydrogens (tertiary/aromatic N) is 1. The molecule has 0 aromatic carbocycles. The molecule has 0 bridgehead atoms. The first kappa shape index (κ1) is 31.1. The molecule has 36 heavy (non-hydrogen) atoms. The maximum Gasteiger partial charge on any atom is 0.364 e. The summed E-state index contributed by atoms with van der Waals surface area (Å²) < 4.78 is 21.8. The summed E-state index contributed by atoms with van der Waals surface area (Å²) in [6, 6.07) is 0. The molecule has 16 nitrogen and oxygen atoms in total. The van der Waals surface area contributed by atoms with Gasteiger partial charge in [-0.15, -0.1) is 0 Å². The molecule has 2 rings (SSSR count). The predicted octanol–water partition coefficient (Wildman–Crippen LogP) is -6.28. The zero-order chi connectivity index (χ0) is 27.2. The van der Waals surface area contributed by atoms with Crippen LogP contribution in [0.25, 0.3) is 0 Å². The van der Waals surface area contributed by atoms with Gasteiger partial charge in [-0.3, -0.25) is 0 Å². The largest absolute Gasteiger partial charge is 0.477 e. The lowest BCUT2D eigenvalue weighted by atomic mass is 9.91. The number of aliphatic carboxylic acids is 1. The normalized spacial score (nSPS) is 39.2. The van der Waals surface area contributed by atoms with Crippen LogP contribution in [0.1, 0.15) is 6.42 Å². The molecule has 0 aliphatic carbocycles. The maximum absolute atomic E-state index is 12.1. The van der Waals surface area contributed by atoms with Crippen LogP contribution in [-0.4, -0.2) is 170 Å². The SMILES string of the molecule is CN(CCN)CCO[C@]1(C(=O)O)C[C@@H](O)[C@@H](O[C@H]2OC([C@@H](O)CO)[C@@H](O)[C@H](O)C2O)C([C@H](O)CO)O1. The summed E-state index contributed by atoms with van der Waals surface area (Å²) in [6.45, 7) is -0.833. The molecule has 2 aliphatic heterocycles. The molecule has 0 aromatic heterocycles. The number of nitrogens with two attached hydrogens (primary N) is 1. The number of aliphatic hydroxyl groups excluding tert-OH is 8. The summed E-state index contributed by atoms with van der Waals surface area (Å²) in [6.07, 6.45) is -18.3. The van der Waals surface area contributed by atoms with E-state index in [9.17, 15) is 50.8 Å². The second kappa shape index (κ2) is 13.6. The third-order valence-corrected chi connectivity index (χ3v) is 6.18. The first-order valence-corrected chi connectivity index (χ1v) is 11.5. The Balaban J connectivity index is 2.24. The van der Waals surface area contributed by atoms with Crippen molar-refractivity contribution in [2.24, 2.45) is 5.73 Å². The molecule has 0 saturated carbocycles. The minimum absolute atomic E-state index is 0.155. The Morgan fingerprint density at radius 1 is 1.06 bits per heavy atom. The van der Waals surface area contributed by atoms with E-state index >= 15 is 0 Å². The van der Waals surface area contributed by atoms with Crippen LogP contribution >= 0.6 is 0 Å². The van der Waals surface area contributed by atoms with E-state index in [1.807, 2.05) is 0 Å². The van der Waals surface area contributed by atoms with Gasteiger partial charge in [0, 0.05) is 26.1 Å². The number of aliphatic hydroxyl groups is 8. The number of carboxylic acid groups (broad SMARTS) is 1. The fraction of sp³-hybridized carbons (Fsp3) is 0.950. The molecule has 0 amide bonds. The third-order valence-electron chi connectivity index (χ3n) is 6.18. The van der Waals surface area contributed by atoms with Gasteiger partial charge in [-0.05, 0) is 7.05 Å². The van der Waals surface area contributed by atoms with Crippen LogP contribution in [0.2, 0.25) is 0 Å². The van der Waals surface area contributed by atoms with E-state index in [1.165, 1.54) is 0 Å². The monoisotopic (exact) mass is 530 g/mol. The van der Waals surface area contributed by atoms with Gasteiger partial charge in [0.25, 0.3) is 5.79 Å². The molecule has 16 heteroatoms. The summed E-state index contributed by atoms with van der Waals surface area (Å²) in [5.41, 5.74) is 5.47. The number of carboxylic acids is 1. The Hall–Kier alpha value is -1.09. The average Bonchev–Trinajstić information content (AvgIpc) is 2.84. The summed E-state index contributed by atoms with van der Waals surface area (Å²) in [7, 11) is 1.73. The molecule has 11 N–H and O–H groups in total. The molecule has 11 atom stereocenters. The van der Waals surface area contributed by atoms with Gasteiger partial charge in [0.1, 0.15) is 48.8 Å². The minimum atomic E-state index is -2.43. The maximum atomic E-state index is 12.1. The molecular formula is C20H38N2O14. The van der Waals surface area contributed by atoms with Crippen molar-refractivity contribution >= 4 is 5.97 Å². The Morgan fingerprint density at radius 2 is 1.67 bits per heavy atom. The van der Waals surface area contributed by atoms with Crippen molar-refractivity contribution in [3.63, 3.8) is 0 Å². The summed E-state index contributed by atoms with van der Waals surface area (Å²) in [5, 5.41) is 90.0. The Morgan fingerprint density at radius 3 is 2.22 bits per heavy atom. The van der Waals surface area contributed by atoms with Crippen LogP contribution in [0.15, 0.2) is 0 Å². The highest BCUT2D eigenvalue weighted by molar-refractivity contribution is 5.76. The molecule has 2 aliphatic rings. The minimum Gasteiger partial charge on any atom is -0.477 e. The van der Waals surface area contributed by atoms with Crippen LogP contribution in [0.5, 0.6) is 0 Å². The van der Waals surface area contributed by atoms with E-state index < -0.39 is 92.6 Å². The number of ether oxygens (including phenoxy) is 4. The van der Waals surface area contributed by atoms with E-state index in [-0.39, 0.29) is 13.2 Å². The Bertz CT molecular complexity index is 691. The number of likely N-dealkylation sites (N-methyl/N-ethyl adjacent to an activating group) is 1. The van der Waals surface area contributed by atoms with Crippen LogP contribution < -0.4 is 5.73 Å². The van der Waals surface area contributed by atoms with Crippen molar-refractivity contribution in [2.45, 2.75) is 73.4 Å². The molecule has 0 spiro atoms. The highest BCUT2D eigenvalue weighted by Crippen LogP contribution is 2.36. The van der Waals surface area contributed by atoms with E-state index in [0.29, 0.717) is 13.1 Å². The van der Waals surface area contributed by atoms with Gasteiger partial charge in [0.05, 0.1) is 25.9 Å². The van der Waals surface area contributed by atoms with Crippen LogP contribution in [0, 0.1) is 0 Å². The van der Waals surface area contributed by atoms with Crippen molar-refractivity contribution in [1.82, 2.24) is 4.90 Å². The Kier molecular flexibility index (Phi) is 11.8. The van der Waals surface area contributed by atoms with Crippen molar-refractivity contribution in [3.05, 3.63) is 0 Å². The van der Waals surface area contributed by atoms with Gasteiger partial charge >= 0.3 is 5.97 Å². The lowest BCUT2D eigenvalue weighted by Crippen LogP contribution is -2.67. The standard InChI is InChI=1S/C20H38N2O14/c1-22(3-2-21)4-5-33-20(19(31)32)6-9(25)16(17(36-20)11(27)8-24)35-18-14(30)12(28)13(29)15(34-18)10(26)7-23/h9-18,23-30H,2-8,21H2,1H3,(H,31,32)/t9-,10+,11-,12+,13+,14?,15?,16-,17?,18-,20-/m1/s1. The molecule has 2 saturated heterocycles. The van der Waals surface area contributed by atoms with Gasteiger partial charge in [-0.1, -0.05) is 0 Å². The number of carbonyl (C=O) groups is 1. The van der Waals surface area contributed by atoms with Gasteiger partial charge in [0.2, 0.25) is 0 Å². The second-order valence-corrected chi connectivity index (χ2v) is 8.89. The van der Waals surface area contributed by atoms with E-state index in [2.05, 4.69) is 0 Å². The zero-order valence-electron chi connectivity index (χ0n) is 19.8. The quantitative estimate of drug-likeness (QED) is 0.106. The first-order valence-electron chi connectivity index (χ1n) is 11.5. The Labute approximate surface area is 207 Å². The second-order valence-electron chi connectivity index (χ2n) is 8.89. The highest BCUT2D eigenvalue weighted by Gasteiger charge is 2.57. The molecule has 3 unspecified atom stereocenters. The van der Waals surface area contributed by atoms with Crippen molar-refractivity contribution in [1.29, 1.82) is 0 Å². The molecular weight excluding hydrogens is 492 g/mol. The zero-order valence-corrected chi connectivity index (χ0v) is 19.8. The van der Waals surface area contributed by atoms with Crippen LogP contribution in [0.4, 0.5) is 0 Å². The summed E-state index contributed by atoms with van der Waals surface area (Å²) >= 11 is 0. The molecule has 2 heterocycles. The molecule has 0 radical (unpaired) electrons. The van der Waals surface area contributed by atoms with Gasteiger partial charge < -0.3 is 75.5 Å². The van der Waals surface area contributed by atoms with Crippen molar-refractivity contribution < 1.29 is 69.7 Å². The average molecular weight is 531 g/mol. The number of hydrogen-bond acceptors (Lipinski definition) is 15. The van der Waals surface area contributed by atoms with Crippen molar-refractivity contribution in [2.75, 3.05) is 46.5 Å². The molecule has 2 fully saturated rings. The predicted molar refractivity (Wildman–Crippen MR) is 116 cm³/mol. The van der Waals surface area contributed by atoms with E-state index in [1.54, 1.807) is 11.9 Å². The smallest absolute Gasteiger partial charge is 0.364 e. The van der Waals surface area contributed by atoms with Gasteiger partial charge in [-0.2, -0.15) is 0 Å². The van der Waals surface area contributed by atoms with E-state index in [4.69, 9.17) is 24.7 Å². The molecule has 0 aromatic rings.